The zero-order valence-electron chi connectivity index (χ0n) is 9.35. The SMILES string of the molecule is COC(=O)C(C)N1C2CCC1CC(O)C2. The van der Waals surface area contributed by atoms with E-state index in [2.05, 4.69) is 4.90 Å². The molecule has 86 valence electrons. The van der Waals surface area contributed by atoms with Crippen LogP contribution in [-0.4, -0.2) is 47.3 Å². The number of carbonyl (C=O) groups is 1. The van der Waals surface area contributed by atoms with Crippen LogP contribution in [0.3, 0.4) is 0 Å². The molecule has 2 fully saturated rings. The van der Waals surface area contributed by atoms with Crippen LogP contribution >= 0.6 is 0 Å². The summed E-state index contributed by atoms with van der Waals surface area (Å²) >= 11 is 0. The first-order valence-electron chi connectivity index (χ1n) is 5.66. The Morgan fingerprint density at radius 2 is 1.93 bits per heavy atom. The van der Waals surface area contributed by atoms with E-state index in [-0.39, 0.29) is 18.1 Å². The summed E-state index contributed by atoms with van der Waals surface area (Å²) in [4.78, 5) is 13.7. The molecule has 0 aliphatic carbocycles. The van der Waals surface area contributed by atoms with Crippen LogP contribution in [0.2, 0.25) is 0 Å². The van der Waals surface area contributed by atoms with Gasteiger partial charge in [-0.25, -0.2) is 0 Å². The Balaban J connectivity index is 2.07. The van der Waals surface area contributed by atoms with E-state index in [1.165, 1.54) is 7.11 Å². The molecular formula is C11H19NO3. The van der Waals surface area contributed by atoms with Crippen molar-refractivity contribution in [2.45, 2.75) is 56.8 Å². The molecule has 0 saturated carbocycles. The number of hydrogen-bond acceptors (Lipinski definition) is 4. The van der Waals surface area contributed by atoms with Crippen molar-refractivity contribution in [3.05, 3.63) is 0 Å². The van der Waals surface area contributed by atoms with Crippen molar-refractivity contribution >= 4 is 5.97 Å². The van der Waals surface area contributed by atoms with Gasteiger partial charge in [0.25, 0.3) is 0 Å². The van der Waals surface area contributed by atoms with Gasteiger partial charge in [-0.15, -0.1) is 0 Å². The highest BCUT2D eigenvalue weighted by Gasteiger charge is 2.44. The molecule has 3 atom stereocenters. The predicted octanol–water partition coefficient (Wildman–Crippen LogP) is 0.536. The summed E-state index contributed by atoms with van der Waals surface area (Å²) in [6.45, 7) is 1.90. The number of rotatable bonds is 2. The van der Waals surface area contributed by atoms with Crippen LogP contribution < -0.4 is 0 Å². The van der Waals surface area contributed by atoms with E-state index in [1.807, 2.05) is 6.92 Å². The highest BCUT2D eigenvalue weighted by Crippen LogP contribution is 2.37. The lowest BCUT2D eigenvalue weighted by atomic mass is 9.98. The largest absolute Gasteiger partial charge is 0.468 e. The number of aliphatic hydroxyl groups excluding tert-OH is 1. The van der Waals surface area contributed by atoms with Crippen LogP contribution in [0.1, 0.15) is 32.6 Å². The molecule has 2 bridgehead atoms. The van der Waals surface area contributed by atoms with Gasteiger partial charge in [0.15, 0.2) is 0 Å². The molecule has 2 rings (SSSR count). The molecule has 0 aromatic rings. The van der Waals surface area contributed by atoms with Gasteiger partial charge in [-0.3, -0.25) is 9.69 Å². The third-order valence-corrected chi connectivity index (χ3v) is 3.75. The maximum absolute atomic E-state index is 11.5. The Morgan fingerprint density at radius 3 is 2.40 bits per heavy atom. The van der Waals surface area contributed by atoms with E-state index >= 15 is 0 Å². The van der Waals surface area contributed by atoms with Crippen LogP contribution in [0.4, 0.5) is 0 Å². The van der Waals surface area contributed by atoms with Crippen molar-refractivity contribution in [2.75, 3.05) is 7.11 Å². The van der Waals surface area contributed by atoms with Crippen molar-refractivity contribution in [1.82, 2.24) is 4.90 Å². The second-order valence-corrected chi connectivity index (χ2v) is 4.66. The Morgan fingerprint density at radius 1 is 1.40 bits per heavy atom. The van der Waals surface area contributed by atoms with E-state index in [0.29, 0.717) is 12.1 Å². The molecule has 15 heavy (non-hydrogen) atoms. The molecule has 2 aliphatic rings. The fourth-order valence-corrected chi connectivity index (χ4v) is 3.11. The fourth-order valence-electron chi connectivity index (χ4n) is 3.11. The molecule has 2 saturated heterocycles. The zero-order chi connectivity index (χ0) is 11.0. The summed E-state index contributed by atoms with van der Waals surface area (Å²) < 4.78 is 4.77. The topological polar surface area (TPSA) is 49.8 Å². The summed E-state index contributed by atoms with van der Waals surface area (Å²) in [6.07, 6.45) is 3.63. The molecule has 3 unspecified atom stereocenters. The van der Waals surface area contributed by atoms with E-state index in [1.54, 1.807) is 0 Å². The quantitative estimate of drug-likeness (QED) is 0.680. The van der Waals surface area contributed by atoms with Crippen molar-refractivity contribution in [3.8, 4) is 0 Å². The average Bonchev–Trinajstić information content (AvgIpc) is 2.49. The van der Waals surface area contributed by atoms with E-state index in [9.17, 15) is 9.90 Å². The number of aliphatic hydroxyl groups is 1. The fraction of sp³-hybridized carbons (Fsp3) is 0.909. The lowest BCUT2D eigenvalue weighted by Crippen LogP contribution is -2.52. The molecule has 0 amide bonds. The number of methoxy groups -OCH3 is 1. The van der Waals surface area contributed by atoms with Gasteiger partial charge in [-0.2, -0.15) is 0 Å². The number of carbonyl (C=O) groups excluding carboxylic acids is 1. The van der Waals surface area contributed by atoms with Gasteiger partial charge >= 0.3 is 5.97 Å². The first-order chi connectivity index (χ1) is 7.13. The van der Waals surface area contributed by atoms with Gasteiger partial charge < -0.3 is 9.84 Å². The van der Waals surface area contributed by atoms with E-state index in [0.717, 1.165) is 25.7 Å². The summed E-state index contributed by atoms with van der Waals surface area (Å²) in [5, 5.41) is 9.64. The van der Waals surface area contributed by atoms with Gasteiger partial charge in [0, 0.05) is 12.1 Å². The van der Waals surface area contributed by atoms with Crippen LogP contribution in [0.25, 0.3) is 0 Å². The minimum atomic E-state index is -0.177. The molecule has 0 spiro atoms. The summed E-state index contributed by atoms with van der Waals surface area (Å²) in [6, 6.07) is 0.570. The lowest BCUT2D eigenvalue weighted by molar-refractivity contribution is -0.149. The smallest absolute Gasteiger partial charge is 0.322 e. The Hall–Kier alpha value is -0.610. The van der Waals surface area contributed by atoms with Gasteiger partial charge in [0.1, 0.15) is 6.04 Å². The van der Waals surface area contributed by atoms with Gasteiger partial charge in [0.05, 0.1) is 13.2 Å². The minimum absolute atomic E-state index is 0.164. The molecule has 2 aliphatic heterocycles. The highest BCUT2D eigenvalue weighted by molar-refractivity contribution is 5.75. The summed E-state index contributed by atoms with van der Waals surface area (Å²) in [5.41, 5.74) is 0. The van der Waals surface area contributed by atoms with Gasteiger partial charge in [0.2, 0.25) is 0 Å². The predicted molar refractivity (Wildman–Crippen MR) is 55.4 cm³/mol. The molecule has 0 aromatic heterocycles. The molecule has 4 heteroatoms. The average molecular weight is 213 g/mol. The maximum atomic E-state index is 11.5. The standard InChI is InChI=1S/C11H19NO3/c1-7(11(14)15-2)12-8-3-4-9(12)6-10(13)5-8/h7-10,13H,3-6H2,1-2H3. The molecular weight excluding hydrogens is 194 g/mol. The van der Waals surface area contributed by atoms with Crippen LogP contribution in [0, 0.1) is 0 Å². The lowest BCUT2D eigenvalue weighted by Gasteiger charge is -2.39. The van der Waals surface area contributed by atoms with Crippen LogP contribution in [0.5, 0.6) is 0 Å². The molecule has 0 aromatic carbocycles. The van der Waals surface area contributed by atoms with Gasteiger partial charge in [-0.05, 0) is 32.6 Å². The summed E-state index contributed by atoms with van der Waals surface area (Å²) in [5.74, 6) is -0.164. The number of ether oxygens (including phenoxy) is 1. The Labute approximate surface area is 90.2 Å². The second kappa shape index (κ2) is 4.10. The number of piperidine rings is 1. The Bertz CT molecular complexity index is 242. The first kappa shape index (κ1) is 10.9. The zero-order valence-corrected chi connectivity index (χ0v) is 9.35. The minimum Gasteiger partial charge on any atom is -0.468 e. The number of hydrogen-bond donors (Lipinski definition) is 1. The monoisotopic (exact) mass is 213 g/mol. The molecule has 4 nitrogen and oxygen atoms in total. The molecule has 2 heterocycles. The summed E-state index contributed by atoms with van der Waals surface area (Å²) in [7, 11) is 1.43. The van der Waals surface area contributed by atoms with Gasteiger partial charge in [-0.1, -0.05) is 0 Å². The van der Waals surface area contributed by atoms with Crippen molar-refractivity contribution < 1.29 is 14.6 Å². The first-order valence-corrected chi connectivity index (χ1v) is 5.66. The van der Waals surface area contributed by atoms with E-state index < -0.39 is 0 Å². The number of fused-ring (bicyclic) bond motifs is 2. The van der Waals surface area contributed by atoms with Crippen LogP contribution in [-0.2, 0) is 9.53 Å². The molecule has 0 radical (unpaired) electrons. The Kier molecular flexibility index (Phi) is 2.98. The third kappa shape index (κ3) is 1.88. The second-order valence-electron chi connectivity index (χ2n) is 4.66. The third-order valence-electron chi connectivity index (χ3n) is 3.75. The molecule has 1 N–H and O–H groups in total. The van der Waals surface area contributed by atoms with Crippen molar-refractivity contribution in [1.29, 1.82) is 0 Å². The van der Waals surface area contributed by atoms with Crippen molar-refractivity contribution in [3.63, 3.8) is 0 Å². The van der Waals surface area contributed by atoms with Crippen LogP contribution in [0.15, 0.2) is 0 Å². The van der Waals surface area contributed by atoms with E-state index in [4.69, 9.17) is 4.74 Å². The van der Waals surface area contributed by atoms with Crippen molar-refractivity contribution in [2.24, 2.45) is 0 Å². The maximum Gasteiger partial charge on any atom is 0.322 e. The normalized spacial score (nSPS) is 37.7. The number of esters is 1. The highest BCUT2D eigenvalue weighted by atomic mass is 16.5. The number of nitrogens with zero attached hydrogens (tertiary/aromatic N) is 1.